The molecule has 7 heteroatoms. The Bertz CT molecular complexity index is 1270. The van der Waals surface area contributed by atoms with Gasteiger partial charge in [-0.1, -0.05) is 23.8 Å². The fourth-order valence-electron chi connectivity index (χ4n) is 3.95. The van der Waals surface area contributed by atoms with Crippen LogP contribution in [0.15, 0.2) is 66.0 Å². The van der Waals surface area contributed by atoms with Gasteiger partial charge in [-0.05, 0) is 74.0 Å². The molecule has 2 N–H and O–H groups in total. The van der Waals surface area contributed by atoms with Gasteiger partial charge in [-0.3, -0.25) is 9.59 Å². The first-order chi connectivity index (χ1) is 15.6. The SMILES string of the molecule is Cc1ccc(-n2nc(C(=O)Nc3ccc(NC(=O)c4cccs4)cc3)c3c2CCC3)cc1. The van der Waals surface area contributed by atoms with Crippen LogP contribution in [0.4, 0.5) is 11.4 Å². The van der Waals surface area contributed by atoms with E-state index >= 15 is 0 Å². The van der Waals surface area contributed by atoms with Crippen molar-refractivity contribution >= 4 is 34.5 Å². The third-order valence-corrected chi connectivity index (χ3v) is 6.44. The number of rotatable bonds is 5. The Balaban J connectivity index is 1.32. The third kappa shape index (κ3) is 3.94. The van der Waals surface area contributed by atoms with Gasteiger partial charge in [0.05, 0.1) is 10.6 Å². The zero-order chi connectivity index (χ0) is 22.1. The molecule has 0 atom stereocenters. The molecule has 6 nitrogen and oxygen atoms in total. The molecule has 4 aromatic rings. The Morgan fingerprint density at radius 1 is 0.906 bits per heavy atom. The average Bonchev–Trinajstić information content (AvgIpc) is 3.54. The average molecular weight is 443 g/mol. The highest BCUT2D eigenvalue weighted by Crippen LogP contribution is 2.28. The van der Waals surface area contributed by atoms with Crippen molar-refractivity contribution in [2.45, 2.75) is 26.2 Å². The monoisotopic (exact) mass is 442 g/mol. The highest BCUT2D eigenvalue weighted by Gasteiger charge is 2.27. The molecular formula is C25H22N4O2S. The van der Waals surface area contributed by atoms with E-state index in [4.69, 9.17) is 0 Å². The summed E-state index contributed by atoms with van der Waals surface area (Å²) < 4.78 is 1.90. The Kier molecular flexibility index (Phi) is 5.33. The number of fused-ring (bicyclic) bond motifs is 1. The summed E-state index contributed by atoms with van der Waals surface area (Å²) in [5.74, 6) is -0.363. The summed E-state index contributed by atoms with van der Waals surface area (Å²) in [6, 6.07) is 18.9. The summed E-state index contributed by atoms with van der Waals surface area (Å²) in [4.78, 5) is 25.9. The molecule has 1 aliphatic rings. The number of amides is 2. The van der Waals surface area contributed by atoms with Crippen molar-refractivity contribution < 1.29 is 9.59 Å². The minimum atomic E-state index is -0.218. The van der Waals surface area contributed by atoms with Gasteiger partial charge in [0.1, 0.15) is 0 Å². The molecule has 2 amide bonds. The van der Waals surface area contributed by atoms with Gasteiger partial charge in [-0.25, -0.2) is 4.68 Å². The fourth-order valence-corrected chi connectivity index (χ4v) is 4.57. The van der Waals surface area contributed by atoms with Crippen molar-refractivity contribution in [1.29, 1.82) is 0 Å². The van der Waals surface area contributed by atoms with Crippen molar-refractivity contribution in [3.05, 3.63) is 93.4 Å². The van der Waals surface area contributed by atoms with E-state index in [1.807, 2.05) is 28.3 Å². The minimum absolute atomic E-state index is 0.144. The highest BCUT2D eigenvalue weighted by molar-refractivity contribution is 7.12. The number of aryl methyl sites for hydroxylation is 1. The van der Waals surface area contributed by atoms with Gasteiger partial charge in [0.25, 0.3) is 11.8 Å². The first kappa shape index (κ1) is 20.2. The summed E-state index contributed by atoms with van der Waals surface area (Å²) in [6.45, 7) is 2.05. The fraction of sp³-hybridized carbons (Fsp3) is 0.160. The van der Waals surface area contributed by atoms with Gasteiger partial charge in [0, 0.05) is 22.6 Å². The lowest BCUT2D eigenvalue weighted by Gasteiger charge is -2.07. The van der Waals surface area contributed by atoms with E-state index in [0.29, 0.717) is 21.9 Å². The predicted molar refractivity (Wildman–Crippen MR) is 127 cm³/mol. The topological polar surface area (TPSA) is 76.0 Å². The van der Waals surface area contributed by atoms with E-state index in [9.17, 15) is 9.59 Å². The maximum absolute atomic E-state index is 13.0. The van der Waals surface area contributed by atoms with Gasteiger partial charge in [-0.2, -0.15) is 5.10 Å². The number of benzene rings is 2. The highest BCUT2D eigenvalue weighted by atomic mass is 32.1. The van der Waals surface area contributed by atoms with Crippen LogP contribution >= 0.6 is 11.3 Å². The number of hydrogen-bond acceptors (Lipinski definition) is 4. The zero-order valence-electron chi connectivity index (χ0n) is 17.6. The molecule has 0 aliphatic heterocycles. The second kappa shape index (κ2) is 8.43. The molecule has 0 spiro atoms. The number of nitrogens with zero attached hydrogens (tertiary/aromatic N) is 2. The van der Waals surface area contributed by atoms with Gasteiger partial charge in [0.2, 0.25) is 0 Å². The Labute approximate surface area is 189 Å². The number of thiophene rings is 1. The number of hydrogen-bond donors (Lipinski definition) is 2. The van der Waals surface area contributed by atoms with Crippen molar-refractivity contribution in [3.8, 4) is 5.69 Å². The maximum atomic E-state index is 13.0. The van der Waals surface area contributed by atoms with Crippen LogP contribution in [0.25, 0.3) is 5.69 Å². The van der Waals surface area contributed by atoms with Crippen molar-refractivity contribution in [1.82, 2.24) is 9.78 Å². The molecule has 5 rings (SSSR count). The van der Waals surface area contributed by atoms with E-state index in [1.165, 1.54) is 16.9 Å². The number of carbonyl (C=O) groups is 2. The van der Waals surface area contributed by atoms with Crippen LogP contribution in [0.3, 0.4) is 0 Å². The molecule has 0 saturated carbocycles. The minimum Gasteiger partial charge on any atom is -0.321 e. The van der Waals surface area contributed by atoms with Gasteiger partial charge < -0.3 is 10.6 Å². The molecule has 160 valence electrons. The second-order valence-corrected chi connectivity index (χ2v) is 8.79. The molecule has 2 aromatic heterocycles. The molecular weight excluding hydrogens is 420 g/mol. The van der Waals surface area contributed by atoms with Crippen molar-refractivity contribution in [2.24, 2.45) is 0 Å². The van der Waals surface area contributed by atoms with Crippen LogP contribution in [-0.4, -0.2) is 21.6 Å². The number of aromatic nitrogens is 2. The smallest absolute Gasteiger partial charge is 0.276 e. The maximum Gasteiger partial charge on any atom is 0.276 e. The summed E-state index contributed by atoms with van der Waals surface area (Å²) in [5, 5.41) is 12.3. The second-order valence-electron chi connectivity index (χ2n) is 7.84. The first-order valence-electron chi connectivity index (χ1n) is 10.5. The number of nitrogens with one attached hydrogen (secondary N) is 2. The van der Waals surface area contributed by atoms with Crippen LogP contribution in [0.2, 0.25) is 0 Å². The van der Waals surface area contributed by atoms with Crippen molar-refractivity contribution in [3.63, 3.8) is 0 Å². The lowest BCUT2D eigenvalue weighted by atomic mass is 10.2. The normalized spacial score (nSPS) is 12.4. The molecule has 0 bridgehead atoms. The van der Waals surface area contributed by atoms with Crippen LogP contribution in [-0.2, 0) is 12.8 Å². The molecule has 2 heterocycles. The molecule has 32 heavy (non-hydrogen) atoms. The summed E-state index contributed by atoms with van der Waals surface area (Å²) in [6.07, 6.45) is 2.80. The Hall–Kier alpha value is -3.71. The van der Waals surface area contributed by atoms with E-state index in [0.717, 1.165) is 36.2 Å². The molecule has 0 radical (unpaired) electrons. The largest absolute Gasteiger partial charge is 0.321 e. The van der Waals surface area contributed by atoms with Gasteiger partial charge in [0.15, 0.2) is 5.69 Å². The summed E-state index contributed by atoms with van der Waals surface area (Å²) >= 11 is 1.39. The van der Waals surface area contributed by atoms with Crippen LogP contribution in [0.1, 0.15) is 43.4 Å². The molecule has 1 aliphatic carbocycles. The Morgan fingerprint density at radius 2 is 1.59 bits per heavy atom. The quantitative estimate of drug-likeness (QED) is 0.444. The van der Waals surface area contributed by atoms with Crippen LogP contribution in [0, 0.1) is 6.92 Å². The van der Waals surface area contributed by atoms with Crippen LogP contribution in [0.5, 0.6) is 0 Å². The third-order valence-electron chi connectivity index (χ3n) is 5.57. The molecule has 0 fully saturated rings. The van der Waals surface area contributed by atoms with Gasteiger partial charge >= 0.3 is 0 Å². The summed E-state index contributed by atoms with van der Waals surface area (Å²) in [7, 11) is 0. The number of carbonyl (C=O) groups excluding carboxylic acids is 2. The van der Waals surface area contributed by atoms with E-state index in [1.54, 1.807) is 30.3 Å². The van der Waals surface area contributed by atoms with E-state index in [2.05, 4.69) is 34.8 Å². The molecule has 0 unspecified atom stereocenters. The van der Waals surface area contributed by atoms with E-state index in [-0.39, 0.29) is 11.8 Å². The summed E-state index contributed by atoms with van der Waals surface area (Å²) in [5.41, 5.74) is 6.11. The molecule has 2 aromatic carbocycles. The lowest BCUT2D eigenvalue weighted by molar-refractivity contribution is 0.101. The molecule has 0 saturated heterocycles. The number of anilines is 2. The van der Waals surface area contributed by atoms with Crippen LogP contribution < -0.4 is 10.6 Å². The standard InChI is InChI=1S/C25H22N4O2S/c1-16-7-13-19(14-8-16)29-21-5-2-4-20(21)23(28-29)25(31)27-18-11-9-17(10-12-18)26-24(30)22-6-3-15-32-22/h3,6-15H,2,4-5H2,1H3,(H,26,30)(H,27,31). The lowest BCUT2D eigenvalue weighted by Crippen LogP contribution is -2.15. The Morgan fingerprint density at radius 3 is 2.25 bits per heavy atom. The van der Waals surface area contributed by atoms with Crippen molar-refractivity contribution in [2.75, 3.05) is 10.6 Å². The first-order valence-corrected chi connectivity index (χ1v) is 11.4. The predicted octanol–water partition coefficient (Wildman–Crippen LogP) is 5.24. The zero-order valence-corrected chi connectivity index (χ0v) is 18.4. The van der Waals surface area contributed by atoms with E-state index < -0.39 is 0 Å². The van der Waals surface area contributed by atoms with Gasteiger partial charge in [-0.15, -0.1) is 11.3 Å².